The Morgan fingerprint density at radius 3 is 2.88 bits per heavy atom. The Morgan fingerprint density at radius 1 is 1.29 bits per heavy atom. The molecule has 0 unspecified atom stereocenters. The van der Waals surface area contributed by atoms with Crippen LogP contribution < -0.4 is 10.2 Å². The second-order valence-corrected chi connectivity index (χ2v) is 5.81. The van der Waals surface area contributed by atoms with Gasteiger partial charge in [0.25, 0.3) is 5.91 Å². The zero-order valence-electron chi connectivity index (χ0n) is 13.3. The number of nitrogens with one attached hydrogen (secondary N) is 3. The zero-order valence-corrected chi connectivity index (χ0v) is 13.3. The molecule has 0 radical (unpaired) electrons. The molecule has 4 heterocycles. The second kappa shape index (κ2) is 5.97. The smallest absolute Gasteiger partial charge is 0.258 e. The lowest BCUT2D eigenvalue weighted by Crippen LogP contribution is -2.36. The van der Waals surface area contributed by atoms with E-state index >= 15 is 0 Å². The van der Waals surface area contributed by atoms with Crippen molar-refractivity contribution in [2.24, 2.45) is 0 Å². The fraction of sp³-hybridized carbons (Fsp3) is 0.312. The number of aromatic amines is 2. The van der Waals surface area contributed by atoms with Gasteiger partial charge in [-0.05, 0) is 19.1 Å². The van der Waals surface area contributed by atoms with Gasteiger partial charge in [0.1, 0.15) is 11.5 Å². The quantitative estimate of drug-likeness (QED) is 0.680. The van der Waals surface area contributed by atoms with Crippen LogP contribution in [0.15, 0.2) is 24.4 Å². The van der Waals surface area contributed by atoms with Crippen molar-refractivity contribution in [2.45, 2.75) is 6.92 Å². The highest BCUT2D eigenvalue weighted by molar-refractivity contribution is 6.05. The number of aryl methyl sites for hydroxylation is 1. The van der Waals surface area contributed by atoms with Gasteiger partial charge < -0.3 is 19.9 Å². The average molecular weight is 326 g/mol. The topological polar surface area (TPSA) is 98.9 Å². The van der Waals surface area contributed by atoms with Gasteiger partial charge in [-0.2, -0.15) is 5.10 Å². The molecule has 3 N–H and O–H groups in total. The molecule has 0 aliphatic carbocycles. The van der Waals surface area contributed by atoms with Gasteiger partial charge in [0.2, 0.25) is 0 Å². The van der Waals surface area contributed by atoms with Crippen molar-refractivity contribution in [3.8, 4) is 0 Å². The molecule has 0 atom stereocenters. The van der Waals surface area contributed by atoms with E-state index in [0.717, 1.165) is 48.8 Å². The molecule has 0 bridgehead atoms. The Kier molecular flexibility index (Phi) is 3.66. The summed E-state index contributed by atoms with van der Waals surface area (Å²) in [6.07, 6.45) is 1.57. The number of pyridine rings is 1. The van der Waals surface area contributed by atoms with E-state index in [0.29, 0.717) is 11.4 Å². The Labute approximate surface area is 138 Å². The molecule has 124 valence electrons. The van der Waals surface area contributed by atoms with E-state index in [1.807, 2.05) is 19.1 Å². The summed E-state index contributed by atoms with van der Waals surface area (Å²) in [4.78, 5) is 22.2. The van der Waals surface area contributed by atoms with Crippen LogP contribution in [0.4, 0.5) is 11.6 Å². The zero-order chi connectivity index (χ0) is 16.5. The first kappa shape index (κ1) is 14.7. The van der Waals surface area contributed by atoms with Crippen LogP contribution in [0.2, 0.25) is 0 Å². The highest BCUT2D eigenvalue weighted by Crippen LogP contribution is 2.22. The Balaban J connectivity index is 1.57. The minimum atomic E-state index is -0.231. The number of carbonyl (C=O) groups excluding carboxylic acids is 1. The number of morpholine rings is 1. The molecular weight excluding hydrogens is 308 g/mol. The summed E-state index contributed by atoms with van der Waals surface area (Å²) >= 11 is 0. The van der Waals surface area contributed by atoms with Gasteiger partial charge in [-0.15, -0.1) is 0 Å². The molecule has 0 spiro atoms. The Morgan fingerprint density at radius 2 is 2.12 bits per heavy atom. The highest BCUT2D eigenvalue weighted by Gasteiger charge is 2.15. The predicted octanol–water partition coefficient (Wildman–Crippen LogP) is 1.68. The Bertz CT molecular complexity index is 878. The van der Waals surface area contributed by atoms with E-state index in [-0.39, 0.29) is 5.91 Å². The van der Waals surface area contributed by atoms with Crippen molar-refractivity contribution < 1.29 is 9.53 Å². The number of hydrogen-bond acceptors (Lipinski definition) is 5. The maximum atomic E-state index is 12.3. The first-order valence-corrected chi connectivity index (χ1v) is 7.84. The average Bonchev–Trinajstić information content (AvgIpc) is 3.21. The van der Waals surface area contributed by atoms with Crippen molar-refractivity contribution >= 4 is 28.6 Å². The molecule has 1 saturated heterocycles. The van der Waals surface area contributed by atoms with Gasteiger partial charge in [-0.1, -0.05) is 0 Å². The van der Waals surface area contributed by atoms with Gasteiger partial charge in [0, 0.05) is 36.4 Å². The minimum absolute atomic E-state index is 0.231. The number of fused-ring (bicyclic) bond motifs is 1. The summed E-state index contributed by atoms with van der Waals surface area (Å²) < 4.78 is 5.37. The van der Waals surface area contributed by atoms with Crippen molar-refractivity contribution in [1.82, 2.24) is 20.2 Å². The maximum Gasteiger partial charge on any atom is 0.258 e. The van der Waals surface area contributed by atoms with Crippen LogP contribution in [0.5, 0.6) is 0 Å². The van der Waals surface area contributed by atoms with E-state index in [2.05, 4.69) is 30.4 Å². The van der Waals surface area contributed by atoms with E-state index < -0.39 is 0 Å². The third-order valence-electron chi connectivity index (χ3n) is 4.02. The van der Waals surface area contributed by atoms with Crippen molar-refractivity contribution in [3.63, 3.8) is 0 Å². The van der Waals surface area contributed by atoms with Crippen molar-refractivity contribution in [1.29, 1.82) is 0 Å². The van der Waals surface area contributed by atoms with Crippen LogP contribution >= 0.6 is 0 Å². The summed E-state index contributed by atoms with van der Waals surface area (Å²) in [5, 5.41) is 10.5. The number of carbonyl (C=O) groups is 1. The lowest BCUT2D eigenvalue weighted by molar-refractivity contribution is 0.102. The van der Waals surface area contributed by atoms with Crippen LogP contribution in [0.1, 0.15) is 16.1 Å². The number of ether oxygens (including phenoxy) is 1. The van der Waals surface area contributed by atoms with E-state index in [9.17, 15) is 4.79 Å². The van der Waals surface area contributed by atoms with Gasteiger partial charge in [-0.25, -0.2) is 4.98 Å². The summed E-state index contributed by atoms with van der Waals surface area (Å²) in [6.45, 7) is 5.01. The molecule has 3 aromatic rings. The van der Waals surface area contributed by atoms with Crippen LogP contribution in [-0.4, -0.2) is 52.4 Å². The summed E-state index contributed by atoms with van der Waals surface area (Å²) in [7, 11) is 0. The third kappa shape index (κ3) is 2.83. The molecule has 8 heteroatoms. The fourth-order valence-electron chi connectivity index (χ4n) is 2.77. The lowest BCUT2D eigenvalue weighted by atomic mass is 10.2. The molecule has 1 aliphatic heterocycles. The molecule has 1 fully saturated rings. The van der Waals surface area contributed by atoms with Gasteiger partial charge in [-0.3, -0.25) is 9.89 Å². The van der Waals surface area contributed by atoms with Gasteiger partial charge >= 0.3 is 0 Å². The van der Waals surface area contributed by atoms with Crippen LogP contribution in [0, 0.1) is 6.92 Å². The number of rotatable bonds is 3. The number of nitrogens with zero attached hydrogens (tertiary/aromatic N) is 3. The van der Waals surface area contributed by atoms with Crippen LogP contribution in [-0.2, 0) is 4.74 Å². The van der Waals surface area contributed by atoms with E-state index in [1.54, 1.807) is 12.3 Å². The largest absolute Gasteiger partial charge is 0.378 e. The number of hydrogen-bond donors (Lipinski definition) is 3. The van der Waals surface area contributed by atoms with E-state index in [4.69, 9.17) is 4.74 Å². The number of anilines is 2. The fourth-order valence-corrected chi connectivity index (χ4v) is 2.77. The molecule has 1 aliphatic rings. The summed E-state index contributed by atoms with van der Waals surface area (Å²) in [5.41, 5.74) is 2.15. The van der Waals surface area contributed by atoms with E-state index in [1.165, 1.54) is 0 Å². The molecule has 3 aromatic heterocycles. The van der Waals surface area contributed by atoms with Crippen LogP contribution in [0.3, 0.4) is 0 Å². The maximum absolute atomic E-state index is 12.3. The first-order valence-electron chi connectivity index (χ1n) is 7.84. The first-order chi connectivity index (χ1) is 11.7. The van der Waals surface area contributed by atoms with Gasteiger partial charge in [0.15, 0.2) is 5.82 Å². The number of H-pyrrole nitrogens is 2. The molecule has 4 rings (SSSR count). The molecule has 8 nitrogen and oxygen atoms in total. The third-order valence-corrected chi connectivity index (χ3v) is 4.02. The SMILES string of the molecule is Cc1cc(NC(=O)c2cnc3[nH]c(N4CCOCC4)cc3c2)n[nH]1. The standard InChI is InChI=1S/C16H18N6O2/c1-10-6-13(21-20-10)18-16(23)12-7-11-8-14(19-15(11)17-9-12)22-2-4-24-5-3-22/h6-9H,2-5H2,1H3,(H,17,19)(H2,18,20,21,23). The van der Waals surface area contributed by atoms with Crippen LogP contribution in [0.25, 0.3) is 11.0 Å². The Hall–Kier alpha value is -2.87. The van der Waals surface area contributed by atoms with Crippen molar-refractivity contribution in [2.75, 3.05) is 36.5 Å². The minimum Gasteiger partial charge on any atom is -0.378 e. The van der Waals surface area contributed by atoms with Gasteiger partial charge in [0.05, 0.1) is 18.8 Å². The number of aromatic nitrogens is 4. The highest BCUT2D eigenvalue weighted by atomic mass is 16.5. The summed E-state index contributed by atoms with van der Waals surface area (Å²) in [5.74, 6) is 1.27. The lowest BCUT2D eigenvalue weighted by Gasteiger charge is -2.27. The molecule has 0 aromatic carbocycles. The molecule has 0 saturated carbocycles. The summed E-state index contributed by atoms with van der Waals surface area (Å²) in [6, 6.07) is 5.62. The second-order valence-electron chi connectivity index (χ2n) is 5.81. The predicted molar refractivity (Wildman–Crippen MR) is 90.4 cm³/mol. The molecule has 1 amide bonds. The molecular formula is C16H18N6O2. The molecule has 24 heavy (non-hydrogen) atoms. The monoisotopic (exact) mass is 326 g/mol. The van der Waals surface area contributed by atoms with Crippen molar-refractivity contribution in [3.05, 3.63) is 35.7 Å². The normalized spacial score (nSPS) is 15.0. The number of amides is 1.